The van der Waals surface area contributed by atoms with Gasteiger partial charge in [0, 0.05) is 24.7 Å². The van der Waals surface area contributed by atoms with Gasteiger partial charge in [-0.3, -0.25) is 9.59 Å². The van der Waals surface area contributed by atoms with Gasteiger partial charge < -0.3 is 14.4 Å². The molecule has 0 spiro atoms. The lowest BCUT2D eigenvalue weighted by Crippen LogP contribution is -2.40. The molecule has 0 fully saturated rings. The van der Waals surface area contributed by atoms with Crippen LogP contribution < -0.4 is 15.0 Å². The Kier molecular flexibility index (Phi) is 7.07. The van der Waals surface area contributed by atoms with Crippen LogP contribution in [0.2, 0.25) is 0 Å². The van der Waals surface area contributed by atoms with Crippen LogP contribution in [0, 0.1) is 0 Å². The highest BCUT2D eigenvalue weighted by atomic mass is 16.5. The molecule has 7 nitrogen and oxygen atoms in total. The van der Waals surface area contributed by atoms with Crippen LogP contribution in [0.25, 0.3) is 11.3 Å². The number of hydrogen-bond donors (Lipinski definition) is 0. The molecule has 0 saturated carbocycles. The third kappa shape index (κ3) is 5.31. The van der Waals surface area contributed by atoms with Crippen molar-refractivity contribution in [1.29, 1.82) is 0 Å². The molecule has 0 aliphatic heterocycles. The van der Waals surface area contributed by atoms with Gasteiger partial charge in [0.1, 0.15) is 6.54 Å². The Bertz CT molecular complexity index is 1100. The Labute approximate surface area is 181 Å². The summed E-state index contributed by atoms with van der Waals surface area (Å²) >= 11 is 0. The highest BCUT2D eigenvalue weighted by Gasteiger charge is 2.18. The SMILES string of the molecule is COc1ccc(CC(C)N(C)C(=O)Cn2nc(-c3ccccc3)ccc2=O)cc1OC. The Hall–Kier alpha value is -3.61. The van der Waals surface area contributed by atoms with Gasteiger partial charge in [-0.1, -0.05) is 36.4 Å². The van der Waals surface area contributed by atoms with E-state index in [4.69, 9.17) is 9.47 Å². The zero-order valence-corrected chi connectivity index (χ0v) is 18.2. The fraction of sp³-hybridized carbons (Fsp3) is 0.292. The van der Waals surface area contributed by atoms with E-state index in [0.717, 1.165) is 11.1 Å². The number of amides is 1. The van der Waals surface area contributed by atoms with E-state index in [0.29, 0.717) is 23.6 Å². The Balaban J connectivity index is 1.71. The van der Waals surface area contributed by atoms with Crippen molar-refractivity contribution in [2.24, 2.45) is 0 Å². The molecule has 3 aromatic rings. The van der Waals surface area contributed by atoms with Crippen LogP contribution >= 0.6 is 0 Å². The van der Waals surface area contributed by atoms with E-state index >= 15 is 0 Å². The van der Waals surface area contributed by atoms with Crippen LogP contribution in [-0.2, 0) is 17.8 Å². The van der Waals surface area contributed by atoms with Gasteiger partial charge >= 0.3 is 0 Å². The van der Waals surface area contributed by atoms with Crippen LogP contribution in [0.1, 0.15) is 12.5 Å². The third-order valence-electron chi connectivity index (χ3n) is 5.25. The maximum absolute atomic E-state index is 12.8. The van der Waals surface area contributed by atoms with Crippen LogP contribution in [0.15, 0.2) is 65.5 Å². The normalized spacial score (nSPS) is 11.6. The van der Waals surface area contributed by atoms with E-state index in [1.54, 1.807) is 32.2 Å². The number of ether oxygens (including phenoxy) is 2. The Morgan fingerprint density at radius 1 is 1.03 bits per heavy atom. The summed E-state index contributed by atoms with van der Waals surface area (Å²) in [5, 5.41) is 4.38. The zero-order chi connectivity index (χ0) is 22.4. The van der Waals surface area contributed by atoms with E-state index in [-0.39, 0.29) is 24.1 Å². The van der Waals surface area contributed by atoms with Crippen LogP contribution in [0.5, 0.6) is 11.5 Å². The first-order valence-corrected chi connectivity index (χ1v) is 10.0. The number of carbonyl (C=O) groups excluding carboxylic acids is 1. The number of carbonyl (C=O) groups is 1. The quantitative estimate of drug-likeness (QED) is 0.559. The third-order valence-corrected chi connectivity index (χ3v) is 5.25. The summed E-state index contributed by atoms with van der Waals surface area (Å²) in [5.74, 6) is 1.12. The molecule has 1 amide bonds. The molecule has 0 aliphatic carbocycles. The second kappa shape index (κ2) is 9.93. The number of aromatic nitrogens is 2. The second-order valence-corrected chi connectivity index (χ2v) is 7.33. The van der Waals surface area contributed by atoms with Gasteiger partial charge in [0.15, 0.2) is 11.5 Å². The van der Waals surface area contributed by atoms with E-state index in [9.17, 15) is 9.59 Å². The fourth-order valence-corrected chi connectivity index (χ4v) is 3.30. The molecule has 0 bridgehead atoms. The summed E-state index contributed by atoms with van der Waals surface area (Å²) < 4.78 is 11.8. The number of rotatable bonds is 8. The topological polar surface area (TPSA) is 73.7 Å². The highest BCUT2D eigenvalue weighted by molar-refractivity contribution is 5.76. The lowest BCUT2D eigenvalue weighted by molar-refractivity contribution is -0.132. The van der Waals surface area contributed by atoms with Gasteiger partial charge in [-0.25, -0.2) is 4.68 Å². The molecule has 31 heavy (non-hydrogen) atoms. The molecule has 162 valence electrons. The predicted molar refractivity (Wildman–Crippen MR) is 119 cm³/mol. The van der Waals surface area contributed by atoms with Gasteiger partial charge in [-0.15, -0.1) is 0 Å². The Morgan fingerprint density at radius 3 is 2.42 bits per heavy atom. The van der Waals surface area contributed by atoms with E-state index in [1.165, 1.54) is 10.7 Å². The molecule has 7 heteroatoms. The van der Waals surface area contributed by atoms with Gasteiger partial charge in [0.2, 0.25) is 5.91 Å². The molecule has 1 unspecified atom stereocenters. The second-order valence-electron chi connectivity index (χ2n) is 7.33. The minimum Gasteiger partial charge on any atom is -0.493 e. The molecular weight excluding hydrogens is 394 g/mol. The molecule has 1 aromatic heterocycles. The highest BCUT2D eigenvalue weighted by Crippen LogP contribution is 2.28. The van der Waals surface area contributed by atoms with E-state index < -0.39 is 0 Å². The first-order valence-electron chi connectivity index (χ1n) is 10.0. The lowest BCUT2D eigenvalue weighted by atomic mass is 10.1. The smallest absolute Gasteiger partial charge is 0.267 e. The van der Waals surface area contributed by atoms with Gasteiger partial charge in [-0.05, 0) is 37.1 Å². The monoisotopic (exact) mass is 421 g/mol. The summed E-state index contributed by atoms with van der Waals surface area (Å²) in [6, 6.07) is 18.3. The zero-order valence-electron chi connectivity index (χ0n) is 18.2. The van der Waals surface area contributed by atoms with Crippen LogP contribution in [0.3, 0.4) is 0 Å². The van der Waals surface area contributed by atoms with Crippen molar-refractivity contribution in [2.45, 2.75) is 25.9 Å². The maximum atomic E-state index is 12.8. The maximum Gasteiger partial charge on any atom is 0.267 e. The minimum atomic E-state index is -0.311. The average molecular weight is 421 g/mol. The summed E-state index contributed by atoms with van der Waals surface area (Å²) in [6.07, 6.45) is 0.634. The molecule has 3 rings (SSSR count). The molecule has 0 aliphatic rings. The van der Waals surface area contributed by atoms with Crippen LogP contribution in [-0.4, -0.2) is 47.9 Å². The molecule has 0 saturated heterocycles. The van der Waals surface area contributed by atoms with Crippen molar-refractivity contribution in [3.63, 3.8) is 0 Å². The molecule has 2 aromatic carbocycles. The summed E-state index contributed by atoms with van der Waals surface area (Å²) in [4.78, 5) is 26.7. The predicted octanol–water partition coefficient (Wildman–Crippen LogP) is 3.02. The fourth-order valence-electron chi connectivity index (χ4n) is 3.30. The van der Waals surface area contributed by atoms with E-state index in [2.05, 4.69) is 5.10 Å². The summed E-state index contributed by atoms with van der Waals surface area (Å²) in [7, 11) is 4.92. The summed E-state index contributed by atoms with van der Waals surface area (Å²) in [5.41, 5.74) is 2.24. The Morgan fingerprint density at radius 2 is 1.74 bits per heavy atom. The van der Waals surface area contributed by atoms with Gasteiger partial charge in [0.25, 0.3) is 5.56 Å². The number of hydrogen-bond acceptors (Lipinski definition) is 5. The van der Waals surface area contributed by atoms with Crippen molar-refractivity contribution >= 4 is 5.91 Å². The number of benzene rings is 2. The van der Waals surface area contributed by atoms with Crippen molar-refractivity contribution in [3.05, 3.63) is 76.6 Å². The standard InChI is InChI=1S/C24H27N3O4/c1-17(14-18-10-12-21(30-3)22(15-18)31-4)26(2)24(29)16-27-23(28)13-11-20(25-27)19-8-6-5-7-9-19/h5-13,15,17H,14,16H2,1-4H3. The number of likely N-dealkylation sites (N-methyl/N-ethyl adjacent to an activating group) is 1. The largest absolute Gasteiger partial charge is 0.493 e. The average Bonchev–Trinajstić information content (AvgIpc) is 2.80. The van der Waals surface area contributed by atoms with Crippen molar-refractivity contribution < 1.29 is 14.3 Å². The number of methoxy groups -OCH3 is 2. The van der Waals surface area contributed by atoms with Crippen molar-refractivity contribution in [3.8, 4) is 22.8 Å². The van der Waals surface area contributed by atoms with Crippen molar-refractivity contribution in [1.82, 2.24) is 14.7 Å². The van der Waals surface area contributed by atoms with Gasteiger partial charge in [-0.2, -0.15) is 5.10 Å². The minimum absolute atomic E-state index is 0.0846. The van der Waals surface area contributed by atoms with Crippen molar-refractivity contribution in [2.75, 3.05) is 21.3 Å². The first kappa shape index (κ1) is 22.1. The molecule has 1 heterocycles. The van der Waals surface area contributed by atoms with Crippen LogP contribution in [0.4, 0.5) is 0 Å². The first-order chi connectivity index (χ1) is 14.9. The number of nitrogens with zero attached hydrogens (tertiary/aromatic N) is 3. The van der Waals surface area contributed by atoms with E-state index in [1.807, 2.05) is 55.5 Å². The molecule has 0 N–H and O–H groups in total. The molecule has 1 atom stereocenters. The molecule has 0 radical (unpaired) electrons. The molecular formula is C24H27N3O4. The van der Waals surface area contributed by atoms with Gasteiger partial charge in [0.05, 0.1) is 19.9 Å². The lowest BCUT2D eigenvalue weighted by Gasteiger charge is -2.25. The summed E-state index contributed by atoms with van der Waals surface area (Å²) in [6.45, 7) is 1.84.